The number of carbonyl (C=O) groups is 1. The molecular formula is C18H18ClF3N2O3S. The molecule has 0 spiro atoms. The van der Waals surface area contributed by atoms with Gasteiger partial charge >= 0.3 is 6.18 Å². The SMILES string of the molecule is C[C@@H](C(=O)NCc1ccc(Cl)cc1)N(c1cccc(C(F)(F)F)c1)S(C)(=O)=O. The lowest BCUT2D eigenvalue weighted by molar-refractivity contribution is -0.137. The number of sulfonamides is 1. The van der Waals surface area contributed by atoms with Crippen LogP contribution in [0.5, 0.6) is 0 Å². The number of amides is 1. The van der Waals surface area contributed by atoms with Crippen molar-refractivity contribution in [1.82, 2.24) is 5.32 Å². The fraction of sp³-hybridized carbons (Fsp3) is 0.278. The first kappa shape index (κ1) is 22.0. The van der Waals surface area contributed by atoms with Gasteiger partial charge in [0.15, 0.2) is 0 Å². The summed E-state index contributed by atoms with van der Waals surface area (Å²) < 4.78 is 64.0. The first-order valence-electron chi connectivity index (χ1n) is 8.08. The van der Waals surface area contributed by atoms with Crippen molar-refractivity contribution in [3.05, 3.63) is 64.7 Å². The van der Waals surface area contributed by atoms with Gasteiger partial charge in [-0.2, -0.15) is 13.2 Å². The number of alkyl halides is 3. The van der Waals surface area contributed by atoms with Crippen LogP contribution in [0.1, 0.15) is 18.1 Å². The zero-order valence-electron chi connectivity index (χ0n) is 15.0. The minimum absolute atomic E-state index is 0.112. The van der Waals surface area contributed by atoms with E-state index in [1.807, 2.05) is 0 Å². The van der Waals surface area contributed by atoms with Crippen molar-refractivity contribution >= 4 is 33.2 Å². The maximum atomic E-state index is 13.0. The van der Waals surface area contributed by atoms with E-state index in [1.54, 1.807) is 24.3 Å². The van der Waals surface area contributed by atoms with Crippen molar-refractivity contribution in [2.24, 2.45) is 0 Å². The number of benzene rings is 2. The van der Waals surface area contributed by atoms with Crippen LogP contribution in [0.3, 0.4) is 0 Å². The minimum atomic E-state index is -4.64. The molecule has 0 radical (unpaired) electrons. The first-order chi connectivity index (χ1) is 12.9. The maximum absolute atomic E-state index is 13.0. The van der Waals surface area contributed by atoms with Crippen LogP contribution in [0.25, 0.3) is 0 Å². The molecule has 0 saturated carbocycles. The number of halogens is 4. The van der Waals surface area contributed by atoms with Crippen LogP contribution in [-0.2, 0) is 27.5 Å². The van der Waals surface area contributed by atoms with Gasteiger partial charge in [-0.15, -0.1) is 0 Å². The summed E-state index contributed by atoms with van der Waals surface area (Å²) in [6, 6.07) is 9.22. The summed E-state index contributed by atoms with van der Waals surface area (Å²) >= 11 is 5.79. The Morgan fingerprint density at radius 2 is 1.79 bits per heavy atom. The highest BCUT2D eigenvalue weighted by Gasteiger charge is 2.34. The first-order valence-corrected chi connectivity index (χ1v) is 10.3. The van der Waals surface area contributed by atoms with E-state index in [1.165, 1.54) is 13.0 Å². The minimum Gasteiger partial charge on any atom is -0.350 e. The van der Waals surface area contributed by atoms with E-state index in [-0.39, 0.29) is 12.2 Å². The quantitative estimate of drug-likeness (QED) is 0.751. The van der Waals surface area contributed by atoms with Crippen LogP contribution in [0.15, 0.2) is 48.5 Å². The van der Waals surface area contributed by atoms with E-state index in [0.717, 1.165) is 24.0 Å². The van der Waals surface area contributed by atoms with Gasteiger partial charge in [0, 0.05) is 11.6 Å². The summed E-state index contributed by atoms with van der Waals surface area (Å²) in [7, 11) is -4.03. The number of rotatable bonds is 6. The van der Waals surface area contributed by atoms with E-state index in [2.05, 4.69) is 5.32 Å². The van der Waals surface area contributed by atoms with Crippen LogP contribution in [0.4, 0.5) is 18.9 Å². The van der Waals surface area contributed by atoms with Crippen molar-refractivity contribution < 1.29 is 26.4 Å². The number of hydrogen-bond donors (Lipinski definition) is 1. The maximum Gasteiger partial charge on any atom is 0.416 e. The van der Waals surface area contributed by atoms with Crippen LogP contribution in [-0.4, -0.2) is 26.6 Å². The Balaban J connectivity index is 2.25. The standard InChI is InChI=1S/C18H18ClF3N2O3S/c1-12(17(25)23-11-13-6-8-15(19)9-7-13)24(28(2,26)27)16-5-3-4-14(10-16)18(20,21)22/h3-10,12H,11H2,1-2H3,(H,23,25)/t12-/m0/s1. The van der Waals surface area contributed by atoms with Gasteiger partial charge in [-0.05, 0) is 42.8 Å². The van der Waals surface area contributed by atoms with Crippen LogP contribution < -0.4 is 9.62 Å². The monoisotopic (exact) mass is 434 g/mol. The molecule has 0 heterocycles. The van der Waals surface area contributed by atoms with E-state index in [9.17, 15) is 26.4 Å². The normalized spacial score (nSPS) is 13.1. The highest BCUT2D eigenvalue weighted by Crippen LogP contribution is 2.32. The Hall–Kier alpha value is -2.26. The highest BCUT2D eigenvalue weighted by atomic mass is 35.5. The Kier molecular flexibility index (Phi) is 6.61. The third kappa shape index (κ3) is 5.62. The van der Waals surface area contributed by atoms with Crippen molar-refractivity contribution in [3.63, 3.8) is 0 Å². The molecule has 0 unspecified atom stereocenters. The Bertz CT molecular complexity index is 947. The zero-order valence-corrected chi connectivity index (χ0v) is 16.6. The van der Waals surface area contributed by atoms with E-state index in [0.29, 0.717) is 15.4 Å². The summed E-state index contributed by atoms with van der Waals surface area (Å²) in [5.74, 6) is -0.655. The smallest absolute Gasteiger partial charge is 0.350 e. The van der Waals surface area contributed by atoms with Gasteiger partial charge in [0.05, 0.1) is 17.5 Å². The van der Waals surface area contributed by atoms with Crippen molar-refractivity contribution in [2.45, 2.75) is 25.7 Å². The van der Waals surface area contributed by atoms with Gasteiger partial charge in [0.2, 0.25) is 15.9 Å². The molecule has 28 heavy (non-hydrogen) atoms. The Morgan fingerprint density at radius 3 is 2.32 bits per heavy atom. The van der Waals surface area contributed by atoms with Crippen LogP contribution in [0.2, 0.25) is 5.02 Å². The van der Waals surface area contributed by atoms with E-state index in [4.69, 9.17) is 11.6 Å². The largest absolute Gasteiger partial charge is 0.416 e. The molecule has 0 bridgehead atoms. The molecule has 2 rings (SSSR count). The molecule has 0 aliphatic rings. The van der Waals surface area contributed by atoms with Gasteiger partial charge in [0.25, 0.3) is 0 Å². The summed E-state index contributed by atoms with van der Waals surface area (Å²) in [5, 5.41) is 3.10. The van der Waals surface area contributed by atoms with Crippen molar-refractivity contribution in [2.75, 3.05) is 10.6 Å². The van der Waals surface area contributed by atoms with Gasteiger partial charge in [0.1, 0.15) is 6.04 Å². The molecular weight excluding hydrogens is 417 g/mol. The zero-order chi connectivity index (χ0) is 21.1. The van der Waals surface area contributed by atoms with Gasteiger partial charge in [-0.25, -0.2) is 8.42 Å². The molecule has 10 heteroatoms. The summed E-state index contributed by atoms with van der Waals surface area (Å²) in [4.78, 5) is 12.5. The number of carbonyl (C=O) groups excluding carboxylic acids is 1. The molecule has 2 aromatic rings. The predicted molar refractivity (Wildman–Crippen MR) is 102 cm³/mol. The predicted octanol–water partition coefficient (Wildman–Crippen LogP) is 3.83. The number of anilines is 1. The molecule has 1 atom stereocenters. The fourth-order valence-electron chi connectivity index (χ4n) is 2.57. The Labute approximate surface area is 166 Å². The second-order valence-corrected chi connectivity index (χ2v) is 8.42. The molecule has 0 saturated heterocycles. The topological polar surface area (TPSA) is 66.5 Å². The third-order valence-corrected chi connectivity index (χ3v) is 5.39. The van der Waals surface area contributed by atoms with Gasteiger partial charge in [-0.1, -0.05) is 29.8 Å². The van der Waals surface area contributed by atoms with Crippen molar-refractivity contribution in [3.8, 4) is 0 Å². The third-order valence-electron chi connectivity index (χ3n) is 3.90. The lowest BCUT2D eigenvalue weighted by Crippen LogP contribution is -2.47. The molecule has 5 nitrogen and oxygen atoms in total. The number of hydrogen-bond acceptors (Lipinski definition) is 3. The molecule has 0 aliphatic carbocycles. The van der Waals surface area contributed by atoms with Crippen LogP contribution in [0, 0.1) is 0 Å². The number of nitrogens with one attached hydrogen (secondary N) is 1. The number of nitrogens with zero attached hydrogens (tertiary/aromatic N) is 1. The summed E-state index contributed by atoms with van der Waals surface area (Å²) in [6.07, 6.45) is -3.81. The summed E-state index contributed by atoms with van der Waals surface area (Å²) in [5.41, 5.74) is -0.520. The molecule has 0 fully saturated rings. The summed E-state index contributed by atoms with van der Waals surface area (Å²) in [6.45, 7) is 1.42. The van der Waals surface area contributed by atoms with Crippen molar-refractivity contribution in [1.29, 1.82) is 0 Å². The highest BCUT2D eigenvalue weighted by molar-refractivity contribution is 7.92. The van der Waals surface area contributed by atoms with Gasteiger partial charge in [-0.3, -0.25) is 9.10 Å². The molecule has 1 N–H and O–H groups in total. The average Bonchev–Trinajstić information content (AvgIpc) is 2.59. The lowest BCUT2D eigenvalue weighted by atomic mass is 10.1. The second kappa shape index (κ2) is 8.40. The Morgan fingerprint density at radius 1 is 1.18 bits per heavy atom. The lowest BCUT2D eigenvalue weighted by Gasteiger charge is -2.28. The molecule has 152 valence electrons. The van der Waals surface area contributed by atoms with Crippen LogP contribution >= 0.6 is 11.6 Å². The van der Waals surface area contributed by atoms with E-state index < -0.39 is 33.7 Å². The molecule has 2 aromatic carbocycles. The fourth-order valence-corrected chi connectivity index (χ4v) is 3.86. The molecule has 0 aliphatic heterocycles. The molecule has 1 amide bonds. The van der Waals surface area contributed by atoms with E-state index >= 15 is 0 Å². The average molecular weight is 435 g/mol. The van der Waals surface area contributed by atoms with Gasteiger partial charge < -0.3 is 5.32 Å². The second-order valence-electron chi connectivity index (χ2n) is 6.13. The molecule has 0 aromatic heterocycles.